The van der Waals surface area contributed by atoms with Gasteiger partial charge < -0.3 is 10.3 Å². The number of rotatable bonds is 2. The molecule has 1 aromatic heterocycles. The second-order valence-corrected chi connectivity index (χ2v) is 4.27. The van der Waals surface area contributed by atoms with E-state index in [2.05, 4.69) is 26.2 Å². The van der Waals surface area contributed by atoms with E-state index >= 15 is 0 Å². The molecular formula is C11H10BrFN2O. The number of amides is 1. The quantitative estimate of drug-likeness (QED) is 0.872. The highest BCUT2D eigenvalue weighted by Crippen LogP contribution is 2.28. The van der Waals surface area contributed by atoms with Crippen molar-refractivity contribution < 1.29 is 9.18 Å². The zero-order valence-electron chi connectivity index (χ0n) is 8.60. The summed E-state index contributed by atoms with van der Waals surface area (Å²) in [5.74, 6) is -0.399. The van der Waals surface area contributed by atoms with Gasteiger partial charge >= 0.3 is 0 Å². The number of anilines is 1. The predicted molar refractivity (Wildman–Crippen MR) is 64.9 cm³/mol. The Balaban J connectivity index is 2.48. The lowest BCUT2D eigenvalue weighted by Crippen LogP contribution is -2.08. The number of aromatic amines is 1. The van der Waals surface area contributed by atoms with Crippen LogP contribution < -0.4 is 5.32 Å². The van der Waals surface area contributed by atoms with Crippen LogP contribution in [0.3, 0.4) is 0 Å². The molecule has 1 amide bonds. The van der Waals surface area contributed by atoms with E-state index in [1.807, 2.05) is 0 Å². The lowest BCUT2D eigenvalue weighted by molar-refractivity contribution is -0.115. The van der Waals surface area contributed by atoms with Crippen molar-refractivity contribution in [3.05, 3.63) is 28.6 Å². The van der Waals surface area contributed by atoms with Crippen molar-refractivity contribution in [2.75, 3.05) is 5.32 Å². The van der Waals surface area contributed by atoms with Crippen LogP contribution in [0.2, 0.25) is 0 Å². The first kappa shape index (κ1) is 11.1. The van der Waals surface area contributed by atoms with Crippen LogP contribution in [-0.2, 0) is 4.79 Å². The van der Waals surface area contributed by atoms with Gasteiger partial charge in [-0.05, 0) is 28.1 Å². The van der Waals surface area contributed by atoms with Gasteiger partial charge in [-0.3, -0.25) is 4.79 Å². The van der Waals surface area contributed by atoms with Crippen molar-refractivity contribution in [3.8, 4) is 0 Å². The van der Waals surface area contributed by atoms with Gasteiger partial charge in [0.05, 0.1) is 15.7 Å². The van der Waals surface area contributed by atoms with Gasteiger partial charge in [-0.2, -0.15) is 0 Å². The van der Waals surface area contributed by atoms with Gasteiger partial charge in [-0.15, -0.1) is 0 Å². The molecule has 2 aromatic rings. The minimum atomic E-state index is -0.331. The number of benzene rings is 1. The van der Waals surface area contributed by atoms with E-state index in [0.29, 0.717) is 22.1 Å². The van der Waals surface area contributed by atoms with Crippen LogP contribution in [-0.4, -0.2) is 10.9 Å². The topological polar surface area (TPSA) is 44.9 Å². The predicted octanol–water partition coefficient (Wildman–Crippen LogP) is 3.42. The van der Waals surface area contributed by atoms with Crippen LogP contribution >= 0.6 is 15.9 Å². The van der Waals surface area contributed by atoms with Gasteiger partial charge in [-0.1, -0.05) is 6.92 Å². The van der Waals surface area contributed by atoms with E-state index in [0.717, 1.165) is 5.39 Å². The van der Waals surface area contributed by atoms with Crippen LogP contribution in [0.1, 0.15) is 13.3 Å². The first-order chi connectivity index (χ1) is 7.61. The monoisotopic (exact) mass is 284 g/mol. The molecule has 0 unspecified atom stereocenters. The lowest BCUT2D eigenvalue weighted by atomic mass is 10.2. The van der Waals surface area contributed by atoms with Crippen LogP contribution in [0.15, 0.2) is 22.8 Å². The Morgan fingerprint density at radius 2 is 2.31 bits per heavy atom. The molecule has 2 rings (SSSR count). The van der Waals surface area contributed by atoms with Gasteiger partial charge in [-0.25, -0.2) is 4.39 Å². The zero-order valence-corrected chi connectivity index (χ0v) is 10.2. The highest BCUT2D eigenvalue weighted by molar-refractivity contribution is 9.10. The SMILES string of the molecule is CCC(=O)Nc1c[nH]c2cc(F)c(Br)cc12. The minimum absolute atomic E-state index is 0.0682. The van der Waals surface area contributed by atoms with E-state index in [1.54, 1.807) is 19.2 Å². The summed E-state index contributed by atoms with van der Waals surface area (Å²) >= 11 is 3.12. The summed E-state index contributed by atoms with van der Waals surface area (Å²) in [6.45, 7) is 1.78. The molecule has 0 spiro atoms. The van der Waals surface area contributed by atoms with Gasteiger partial charge in [0.15, 0.2) is 0 Å². The van der Waals surface area contributed by atoms with E-state index in [-0.39, 0.29) is 11.7 Å². The summed E-state index contributed by atoms with van der Waals surface area (Å²) < 4.78 is 13.6. The Morgan fingerprint density at radius 1 is 1.56 bits per heavy atom. The van der Waals surface area contributed by atoms with E-state index in [1.165, 1.54) is 6.07 Å². The molecule has 1 aromatic carbocycles. The summed E-state index contributed by atoms with van der Waals surface area (Å²) in [5.41, 5.74) is 1.33. The van der Waals surface area contributed by atoms with E-state index in [4.69, 9.17) is 0 Å². The largest absolute Gasteiger partial charge is 0.359 e. The van der Waals surface area contributed by atoms with Gasteiger partial charge in [0.2, 0.25) is 5.91 Å². The number of halogens is 2. The van der Waals surface area contributed by atoms with E-state index in [9.17, 15) is 9.18 Å². The van der Waals surface area contributed by atoms with Crippen molar-refractivity contribution in [2.24, 2.45) is 0 Å². The number of fused-ring (bicyclic) bond motifs is 1. The normalized spacial score (nSPS) is 10.7. The summed E-state index contributed by atoms with van der Waals surface area (Å²) in [6.07, 6.45) is 2.07. The maximum atomic E-state index is 13.2. The number of carbonyl (C=O) groups is 1. The van der Waals surface area contributed by atoms with Gasteiger partial charge in [0.25, 0.3) is 0 Å². The Kier molecular flexibility index (Phi) is 2.96. The molecule has 0 aliphatic rings. The summed E-state index contributed by atoms with van der Waals surface area (Å²) in [4.78, 5) is 14.2. The second-order valence-electron chi connectivity index (χ2n) is 3.42. The molecule has 0 aliphatic carbocycles. The van der Waals surface area contributed by atoms with Crippen LogP contribution in [0.25, 0.3) is 10.9 Å². The van der Waals surface area contributed by atoms with Crippen LogP contribution in [0.4, 0.5) is 10.1 Å². The number of hydrogen-bond acceptors (Lipinski definition) is 1. The molecular weight excluding hydrogens is 275 g/mol. The third kappa shape index (κ3) is 1.95. The minimum Gasteiger partial charge on any atom is -0.359 e. The molecule has 0 aliphatic heterocycles. The third-order valence-electron chi connectivity index (χ3n) is 2.32. The average Bonchev–Trinajstić information content (AvgIpc) is 2.62. The highest BCUT2D eigenvalue weighted by atomic mass is 79.9. The molecule has 0 saturated carbocycles. The second kappa shape index (κ2) is 4.25. The zero-order chi connectivity index (χ0) is 11.7. The Hall–Kier alpha value is -1.36. The molecule has 0 bridgehead atoms. The fraction of sp³-hybridized carbons (Fsp3) is 0.182. The Labute approximate surface area is 100 Å². The summed E-state index contributed by atoms with van der Waals surface area (Å²) in [6, 6.07) is 3.04. The molecule has 0 radical (unpaired) electrons. The first-order valence-electron chi connectivity index (χ1n) is 4.87. The molecule has 2 N–H and O–H groups in total. The van der Waals surface area contributed by atoms with Crippen molar-refractivity contribution in [3.63, 3.8) is 0 Å². The fourth-order valence-corrected chi connectivity index (χ4v) is 1.80. The Morgan fingerprint density at radius 3 is 3.00 bits per heavy atom. The molecule has 0 saturated heterocycles. The molecule has 1 heterocycles. The molecule has 16 heavy (non-hydrogen) atoms. The van der Waals surface area contributed by atoms with Crippen molar-refractivity contribution in [1.29, 1.82) is 0 Å². The average molecular weight is 285 g/mol. The molecule has 3 nitrogen and oxygen atoms in total. The maximum Gasteiger partial charge on any atom is 0.224 e. The molecule has 0 atom stereocenters. The smallest absolute Gasteiger partial charge is 0.224 e. The highest BCUT2D eigenvalue weighted by Gasteiger charge is 2.09. The molecule has 5 heteroatoms. The lowest BCUT2D eigenvalue weighted by Gasteiger charge is -2.01. The maximum absolute atomic E-state index is 13.2. The van der Waals surface area contributed by atoms with Crippen LogP contribution in [0.5, 0.6) is 0 Å². The summed E-state index contributed by atoms with van der Waals surface area (Å²) in [7, 11) is 0. The van der Waals surface area contributed by atoms with Crippen molar-refractivity contribution >= 4 is 38.4 Å². The number of hydrogen-bond donors (Lipinski definition) is 2. The third-order valence-corrected chi connectivity index (χ3v) is 2.93. The number of H-pyrrole nitrogens is 1. The fourth-order valence-electron chi connectivity index (χ4n) is 1.46. The van der Waals surface area contributed by atoms with Crippen molar-refractivity contribution in [1.82, 2.24) is 4.98 Å². The number of nitrogens with one attached hydrogen (secondary N) is 2. The van der Waals surface area contributed by atoms with Gasteiger partial charge in [0.1, 0.15) is 5.82 Å². The van der Waals surface area contributed by atoms with E-state index < -0.39 is 0 Å². The number of carbonyl (C=O) groups excluding carboxylic acids is 1. The molecule has 0 fully saturated rings. The number of aromatic nitrogens is 1. The Bertz CT molecular complexity index is 550. The first-order valence-corrected chi connectivity index (χ1v) is 5.67. The van der Waals surface area contributed by atoms with Crippen molar-refractivity contribution in [2.45, 2.75) is 13.3 Å². The standard InChI is InChI=1S/C11H10BrFN2O/c1-2-11(16)15-10-5-14-9-4-8(13)7(12)3-6(9)10/h3-5,14H,2H2,1H3,(H,15,16). The van der Waals surface area contributed by atoms with Crippen LogP contribution in [0, 0.1) is 5.82 Å². The summed E-state index contributed by atoms with van der Waals surface area (Å²) in [5, 5.41) is 3.53. The molecule has 84 valence electrons. The van der Waals surface area contributed by atoms with Gasteiger partial charge in [0, 0.05) is 18.0 Å².